The van der Waals surface area contributed by atoms with Crippen molar-refractivity contribution >= 4 is 28.9 Å². The fourth-order valence-corrected chi connectivity index (χ4v) is 2.77. The molecule has 0 saturated heterocycles. The third-order valence-electron chi connectivity index (χ3n) is 4.20. The van der Waals surface area contributed by atoms with Crippen molar-refractivity contribution in [3.05, 3.63) is 57.1 Å². The minimum atomic E-state index is -4.55. The molecule has 0 radical (unpaired) electrons. The van der Waals surface area contributed by atoms with Crippen LogP contribution in [0.4, 0.5) is 24.5 Å². The van der Waals surface area contributed by atoms with Crippen LogP contribution in [0.15, 0.2) is 36.4 Å². The number of carbonyl (C=O) groups is 1. The molecule has 0 amide bonds. The van der Waals surface area contributed by atoms with E-state index in [4.69, 9.17) is 21.1 Å². The van der Waals surface area contributed by atoms with Gasteiger partial charge in [0.15, 0.2) is 0 Å². The number of esters is 1. The smallest absolute Gasteiger partial charge is 0.416 e. The van der Waals surface area contributed by atoms with E-state index in [-0.39, 0.29) is 47.2 Å². The summed E-state index contributed by atoms with van der Waals surface area (Å²) in [5.41, 5.74) is -1.02. The van der Waals surface area contributed by atoms with Gasteiger partial charge < -0.3 is 19.5 Å². The molecule has 0 aliphatic heterocycles. The zero-order valence-electron chi connectivity index (χ0n) is 17.1. The lowest BCUT2D eigenvalue weighted by atomic mass is 10.2. The van der Waals surface area contributed by atoms with Crippen LogP contribution >= 0.6 is 11.6 Å². The van der Waals surface area contributed by atoms with Gasteiger partial charge in [-0.1, -0.05) is 11.6 Å². The van der Waals surface area contributed by atoms with Gasteiger partial charge in [-0.2, -0.15) is 13.2 Å². The molecule has 0 aromatic heterocycles. The Morgan fingerprint density at radius 3 is 2.56 bits per heavy atom. The zero-order chi connectivity index (χ0) is 23.9. The normalized spacial score (nSPS) is 12.2. The van der Waals surface area contributed by atoms with Crippen molar-refractivity contribution < 1.29 is 37.1 Å². The van der Waals surface area contributed by atoms with Gasteiger partial charge in [0.2, 0.25) is 0 Å². The number of hydrogen-bond acceptors (Lipinski definition) is 7. The van der Waals surface area contributed by atoms with Crippen LogP contribution in [0, 0.1) is 10.1 Å². The van der Waals surface area contributed by atoms with E-state index < -0.39 is 22.6 Å². The summed E-state index contributed by atoms with van der Waals surface area (Å²) in [6, 6.07) is 6.20. The summed E-state index contributed by atoms with van der Waals surface area (Å²) in [4.78, 5) is 21.8. The number of carbonyl (C=O) groups excluding carboxylic acids is 1. The molecular formula is C20H20ClF3N2O6. The highest BCUT2D eigenvalue weighted by Gasteiger charge is 2.31. The number of nitro groups is 1. The maximum Gasteiger partial charge on any atom is 0.416 e. The summed E-state index contributed by atoms with van der Waals surface area (Å²) in [5.74, 6) is -0.425. The standard InChI is InChI=1S/C20H20ClF3N2O6/c1-12(7-8-31-11-19(27)30-2)25-16-10-14(4-5-17(16)26(28)29)32-18-6-3-13(9-15(18)21)20(22,23)24/h3-6,9-10,12,25H,7-8,11H2,1-2H3. The quantitative estimate of drug-likeness (QED) is 0.211. The molecule has 1 unspecified atom stereocenters. The van der Waals surface area contributed by atoms with E-state index in [1.807, 2.05) is 0 Å². The third-order valence-corrected chi connectivity index (χ3v) is 4.49. The number of nitrogens with zero attached hydrogens (tertiary/aromatic N) is 1. The number of ether oxygens (including phenoxy) is 3. The molecule has 0 aliphatic carbocycles. The lowest BCUT2D eigenvalue weighted by Gasteiger charge is -2.16. The van der Waals surface area contributed by atoms with Crippen LogP contribution in [-0.4, -0.2) is 37.3 Å². The van der Waals surface area contributed by atoms with E-state index in [9.17, 15) is 28.1 Å². The predicted molar refractivity (Wildman–Crippen MR) is 110 cm³/mol. The number of rotatable bonds is 10. The number of halogens is 4. The van der Waals surface area contributed by atoms with Crippen LogP contribution < -0.4 is 10.1 Å². The number of alkyl halides is 3. The van der Waals surface area contributed by atoms with Crippen LogP contribution in [0.3, 0.4) is 0 Å². The van der Waals surface area contributed by atoms with E-state index in [2.05, 4.69) is 10.1 Å². The number of nitro benzene ring substituents is 1. The Labute approximate surface area is 186 Å². The van der Waals surface area contributed by atoms with Gasteiger partial charge >= 0.3 is 12.1 Å². The lowest BCUT2D eigenvalue weighted by Crippen LogP contribution is -2.20. The molecule has 12 heteroatoms. The second-order valence-corrected chi connectivity index (χ2v) is 7.05. The second kappa shape index (κ2) is 11.0. The lowest BCUT2D eigenvalue weighted by molar-refractivity contribution is -0.384. The molecule has 2 rings (SSSR count). The van der Waals surface area contributed by atoms with Crippen LogP contribution in [0.2, 0.25) is 5.02 Å². The van der Waals surface area contributed by atoms with Gasteiger partial charge in [0.25, 0.3) is 5.69 Å². The maximum atomic E-state index is 12.8. The van der Waals surface area contributed by atoms with Crippen molar-refractivity contribution in [2.45, 2.75) is 25.6 Å². The molecule has 0 bridgehead atoms. The summed E-state index contributed by atoms with van der Waals surface area (Å²) in [5, 5.41) is 14.1. The summed E-state index contributed by atoms with van der Waals surface area (Å²) >= 11 is 5.90. The molecule has 1 N–H and O–H groups in total. The zero-order valence-corrected chi connectivity index (χ0v) is 17.8. The first kappa shape index (κ1) is 25.2. The molecule has 0 saturated carbocycles. The van der Waals surface area contributed by atoms with E-state index in [1.165, 1.54) is 25.3 Å². The highest BCUT2D eigenvalue weighted by molar-refractivity contribution is 6.32. The number of methoxy groups -OCH3 is 1. The van der Waals surface area contributed by atoms with Crippen molar-refractivity contribution in [2.24, 2.45) is 0 Å². The Bertz CT molecular complexity index is 971. The molecular weight excluding hydrogens is 457 g/mol. The van der Waals surface area contributed by atoms with E-state index in [0.29, 0.717) is 6.42 Å². The van der Waals surface area contributed by atoms with Gasteiger partial charge in [0.05, 0.1) is 22.6 Å². The number of anilines is 1. The summed E-state index contributed by atoms with van der Waals surface area (Å²) in [7, 11) is 1.24. The van der Waals surface area contributed by atoms with Gasteiger partial charge in [-0.05, 0) is 37.6 Å². The molecule has 2 aromatic rings. The Kier molecular flexibility index (Phi) is 8.67. The third kappa shape index (κ3) is 7.27. The molecule has 0 aliphatic rings. The number of hydrogen-bond donors (Lipinski definition) is 1. The fourth-order valence-electron chi connectivity index (χ4n) is 2.55. The first-order valence-electron chi connectivity index (χ1n) is 9.25. The Morgan fingerprint density at radius 2 is 1.97 bits per heavy atom. The second-order valence-electron chi connectivity index (χ2n) is 6.64. The minimum absolute atomic E-state index is 0.0382. The van der Waals surface area contributed by atoms with Crippen LogP contribution in [-0.2, 0) is 20.4 Å². The summed E-state index contributed by atoms with van der Waals surface area (Å²) < 4.78 is 53.5. The van der Waals surface area contributed by atoms with Gasteiger partial charge in [-0.15, -0.1) is 0 Å². The Morgan fingerprint density at radius 1 is 1.25 bits per heavy atom. The Hall–Kier alpha value is -3.05. The molecule has 174 valence electrons. The highest BCUT2D eigenvalue weighted by Crippen LogP contribution is 2.38. The summed E-state index contributed by atoms with van der Waals surface area (Å²) in [6.07, 6.45) is -4.13. The van der Waals surface area contributed by atoms with E-state index in [0.717, 1.165) is 18.2 Å². The van der Waals surface area contributed by atoms with Crippen molar-refractivity contribution in [1.29, 1.82) is 0 Å². The molecule has 0 fully saturated rings. The minimum Gasteiger partial charge on any atom is -0.467 e. The van der Waals surface area contributed by atoms with Crippen LogP contribution in [0.25, 0.3) is 0 Å². The topological polar surface area (TPSA) is 99.9 Å². The predicted octanol–water partition coefficient (Wildman–Crippen LogP) is 5.44. The average Bonchev–Trinajstić information content (AvgIpc) is 2.71. The summed E-state index contributed by atoms with van der Waals surface area (Å²) in [6.45, 7) is 1.75. The molecule has 2 aromatic carbocycles. The van der Waals surface area contributed by atoms with E-state index >= 15 is 0 Å². The highest BCUT2D eigenvalue weighted by atomic mass is 35.5. The van der Waals surface area contributed by atoms with Crippen molar-refractivity contribution in [1.82, 2.24) is 0 Å². The van der Waals surface area contributed by atoms with Gasteiger partial charge in [-0.25, -0.2) is 4.79 Å². The first-order chi connectivity index (χ1) is 15.0. The average molecular weight is 477 g/mol. The molecule has 32 heavy (non-hydrogen) atoms. The molecule has 1 atom stereocenters. The van der Waals surface area contributed by atoms with Crippen molar-refractivity contribution in [2.75, 3.05) is 25.6 Å². The molecule has 8 nitrogen and oxygen atoms in total. The van der Waals surface area contributed by atoms with Crippen molar-refractivity contribution in [3.8, 4) is 11.5 Å². The maximum absolute atomic E-state index is 12.8. The van der Waals surface area contributed by atoms with Gasteiger partial charge in [-0.3, -0.25) is 10.1 Å². The van der Waals surface area contributed by atoms with Gasteiger partial charge in [0.1, 0.15) is 23.8 Å². The fraction of sp³-hybridized carbons (Fsp3) is 0.350. The van der Waals surface area contributed by atoms with Crippen LogP contribution in [0.5, 0.6) is 11.5 Å². The number of nitrogens with one attached hydrogen (secondary N) is 1. The van der Waals surface area contributed by atoms with Crippen molar-refractivity contribution in [3.63, 3.8) is 0 Å². The first-order valence-corrected chi connectivity index (χ1v) is 9.63. The SMILES string of the molecule is COC(=O)COCCC(C)Nc1cc(Oc2ccc(C(F)(F)F)cc2Cl)ccc1[N+](=O)[O-]. The largest absolute Gasteiger partial charge is 0.467 e. The van der Waals surface area contributed by atoms with Gasteiger partial charge in [0, 0.05) is 24.8 Å². The van der Waals surface area contributed by atoms with Crippen LogP contribution in [0.1, 0.15) is 18.9 Å². The number of benzene rings is 2. The monoisotopic (exact) mass is 476 g/mol. The van der Waals surface area contributed by atoms with E-state index in [1.54, 1.807) is 6.92 Å². The Balaban J connectivity index is 2.12. The molecule has 0 heterocycles. The molecule has 0 spiro atoms.